The second kappa shape index (κ2) is 3.90. The molecule has 0 spiro atoms. The first-order valence-electron chi connectivity index (χ1n) is 4.96. The Kier molecular flexibility index (Phi) is 2.57. The van der Waals surface area contributed by atoms with Gasteiger partial charge in [-0.05, 0) is 29.0 Å². The average Bonchev–Trinajstić information content (AvgIpc) is 2.59. The van der Waals surface area contributed by atoms with Crippen LogP contribution in [-0.2, 0) is 6.42 Å². The molecule has 16 heavy (non-hydrogen) atoms. The Hall–Kier alpha value is -1.95. The van der Waals surface area contributed by atoms with E-state index in [1.54, 1.807) is 16.5 Å². The van der Waals surface area contributed by atoms with Crippen molar-refractivity contribution in [3.8, 4) is 0 Å². The van der Waals surface area contributed by atoms with Crippen molar-refractivity contribution in [3.63, 3.8) is 0 Å². The number of aromatic nitrogens is 2. The maximum Gasteiger partial charge on any atom is 0.389 e. The van der Waals surface area contributed by atoms with Gasteiger partial charge in [0.15, 0.2) is 0 Å². The fourth-order valence-corrected chi connectivity index (χ4v) is 1.80. The van der Waals surface area contributed by atoms with Gasteiger partial charge in [-0.3, -0.25) is 4.40 Å². The Morgan fingerprint density at radius 1 is 1.56 bits per heavy atom. The molecule has 0 aromatic carbocycles. The van der Waals surface area contributed by atoms with Crippen LogP contribution in [0.15, 0.2) is 18.2 Å². The molecule has 84 valence electrons. The molecule has 2 heterocycles. The molecule has 0 aliphatic rings. The van der Waals surface area contributed by atoms with Crippen molar-refractivity contribution in [2.45, 2.75) is 13.3 Å². The van der Waals surface area contributed by atoms with E-state index in [2.05, 4.69) is 4.98 Å². The lowest BCUT2D eigenvalue weighted by Crippen LogP contribution is -2.07. The van der Waals surface area contributed by atoms with Crippen LogP contribution in [0, 0.1) is 17.0 Å². The van der Waals surface area contributed by atoms with Crippen molar-refractivity contribution < 1.29 is 4.92 Å². The first-order chi connectivity index (χ1) is 7.65. The number of nitrogens with zero attached hydrogens (tertiary/aromatic N) is 3. The van der Waals surface area contributed by atoms with Crippen molar-refractivity contribution in [3.05, 3.63) is 39.8 Å². The largest absolute Gasteiger partial charge is 0.389 e. The zero-order chi connectivity index (χ0) is 11.7. The van der Waals surface area contributed by atoms with Gasteiger partial charge >= 0.3 is 5.82 Å². The number of imidazole rings is 1. The topological polar surface area (TPSA) is 86.5 Å². The molecular weight excluding hydrogens is 208 g/mol. The van der Waals surface area contributed by atoms with Gasteiger partial charge in [0.05, 0.1) is 0 Å². The van der Waals surface area contributed by atoms with Crippen molar-refractivity contribution in [1.29, 1.82) is 0 Å². The van der Waals surface area contributed by atoms with Crippen LogP contribution >= 0.6 is 0 Å². The molecule has 2 rings (SSSR count). The summed E-state index contributed by atoms with van der Waals surface area (Å²) in [6.07, 6.45) is 0.528. The second-order valence-electron chi connectivity index (χ2n) is 3.54. The molecule has 0 saturated carbocycles. The van der Waals surface area contributed by atoms with Crippen LogP contribution in [0.1, 0.15) is 11.5 Å². The van der Waals surface area contributed by atoms with Crippen LogP contribution in [0.4, 0.5) is 5.82 Å². The number of hydrogen-bond donors (Lipinski definition) is 1. The second-order valence-corrected chi connectivity index (χ2v) is 3.54. The van der Waals surface area contributed by atoms with Crippen LogP contribution in [0.2, 0.25) is 0 Å². The minimum absolute atomic E-state index is 0.104. The van der Waals surface area contributed by atoms with Crippen LogP contribution in [0.3, 0.4) is 0 Å². The SMILES string of the molecule is Cc1cccc2c([N+](=O)[O-])nc(CCN)n12. The first-order valence-corrected chi connectivity index (χ1v) is 4.96. The van der Waals surface area contributed by atoms with Gasteiger partial charge in [0.2, 0.25) is 5.82 Å². The van der Waals surface area contributed by atoms with Gasteiger partial charge in [0.1, 0.15) is 5.52 Å². The number of aryl methyl sites for hydroxylation is 1. The summed E-state index contributed by atoms with van der Waals surface area (Å²) in [7, 11) is 0. The lowest BCUT2D eigenvalue weighted by molar-refractivity contribution is -0.387. The summed E-state index contributed by atoms with van der Waals surface area (Å²) in [6, 6.07) is 5.36. The van der Waals surface area contributed by atoms with Gasteiger partial charge < -0.3 is 15.8 Å². The Morgan fingerprint density at radius 3 is 2.94 bits per heavy atom. The van der Waals surface area contributed by atoms with Crippen LogP contribution < -0.4 is 5.73 Å². The highest BCUT2D eigenvalue weighted by atomic mass is 16.6. The van der Waals surface area contributed by atoms with E-state index in [1.807, 2.05) is 13.0 Å². The molecule has 6 heteroatoms. The van der Waals surface area contributed by atoms with E-state index in [9.17, 15) is 10.1 Å². The van der Waals surface area contributed by atoms with Crippen LogP contribution in [-0.4, -0.2) is 20.9 Å². The standard InChI is InChI=1S/C10H12N4O2/c1-7-3-2-4-8-10(14(15)16)12-9(5-6-11)13(7)8/h2-4H,5-6,11H2,1H3. The third-order valence-electron chi connectivity index (χ3n) is 2.45. The third-order valence-corrected chi connectivity index (χ3v) is 2.45. The zero-order valence-corrected chi connectivity index (χ0v) is 8.88. The molecule has 0 bridgehead atoms. The molecule has 0 atom stereocenters. The predicted molar refractivity (Wildman–Crippen MR) is 59.3 cm³/mol. The Balaban J connectivity index is 2.76. The number of nitro groups is 1. The summed E-state index contributed by atoms with van der Waals surface area (Å²) < 4.78 is 1.78. The molecule has 2 aromatic rings. The van der Waals surface area contributed by atoms with Gasteiger partial charge in [-0.15, -0.1) is 0 Å². The summed E-state index contributed by atoms with van der Waals surface area (Å²) in [5.41, 5.74) is 6.90. The molecule has 6 nitrogen and oxygen atoms in total. The summed E-state index contributed by atoms with van der Waals surface area (Å²) >= 11 is 0. The molecular formula is C10H12N4O2. The van der Waals surface area contributed by atoms with Crippen molar-refractivity contribution in [2.75, 3.05) is 6.54 Å². The third kappa shape index (κ3) is 1.53. The first kappa shape index (κ1) is 10.6. The van der Waals surface area contributed by atoms with Crippen LogP contribution in [0.5, 0.6) is 0 Å². The molecule has 0 saturated heterocycles. The van der Waals surface area contributed by atoms with Crippen molar-refractivity contribution in [2.24, 2.45) is 5.73 Å². The quantitative estimate of drug-likeness (QED) is 0.618. The molecule has 0 fully saturated rings. The number of rotatable bonds is 3. The fraction of sp³-hybridized carbons (Fsp3) is 0.300. The van der Waals surface area contributed by atoms with E-state index in [4.69, 9.17) is 5.73 Å². The summed E-state index contributed by atoms with van der Waals surface area (Å²) in [4.78, 5) is 14.4. The van der Waals surface area contributed by atoms with Gasteiger partial charge in [0, 0.05) is 18.7 Å². The van der Waals surface area contributed by atoms with Gasteiger partial charge in [0.25, 0.3) is 0 Å². The fourth-order valence-electron chi connectivity index (χ4n) is 1.80. The summed E-state index contributed by atoms with van der Waals surface area (Å²) in [5.74, 6) is 0.537. The van der Waals surface area contributed by atoms with Crippen molar-refractivity contribution in [1.82, 2.24) is 9.38 Å². The maximum atomic E-state index is 10.8. The molecule has 0 amide bonds. The lowest BCUT2D eigenvalue weighted by Gasteiger charge is -1.99. The normalized spacial score (nSPS) is 10.9. The predicted octanol–water partition coefficient (Wildman–Crippen LogP) is 1.05. The number of hydrogen-bond acceptors (Lipinski definition) is 4. The molecule has 0 aliphatic carbocycles. The molecule has 0 radical (unpaired) electrons. The van der Waals surface area contributed by atoms with E-state index in [0.717, 1.165) is 5.69 Å². The zero-order valence-electron chi connectivity index (χ0n) is 8.88. The smallest absolute Gasteiger partial charge is 0.358 e. The monoisotopic (exact) mass is 220 g/mol. The highest BCUT2D eigenvalue weighted by Gasteiger charge is 2.21. The van der Waals surface area contributed by atoms with Crippen LogP contribution in [0.25, 0.3) is 5.52 Å². The molecule has 0 aliphatic heterocycles. The van der Waals surface area contributed by atoms with E-state index in [0.29, 0.717) is 24.3 Å². The molecule has 0 unspecified atom stereocenters. The highest BCUT2D eigenvalue weighted by Crippen LogP contribution is 2.21. The Bertz CT molecular complexity index is 547. The highest BCUT2D eigenvalue weighted by molar-refractivity contribution is 5.63. The van der Waals surface area contributed by atoms with Gasteiger partial charge in [-0.1, -0.05) is 6.07 Å². The Labute approximate surface area is 91.9 Å². The van der Waals surface area contributed by atoms with E-state index >= 15 is 0 Å². The average molecular weight is 220 g/mol. The summed E-state index contributed by atoms with van der Waals surface area (Å²) in [6.45, 7) is 2.31. The van der Waals surface area contributed by atoms with E-state index in [-0.39, 0.29) is 5.82 Å². The number of nitrogens with two attached hydrogens (primary N) is 1. The minimum Gasteiger partial charge on any atom is -0.358 e. The minimum atomic E-state index is -0.464. The van der Waals surface area contributed by atoms with Crippen molar-refractivity contribution >= 4 is 11.3 Å². The number of pyridine rings is 1. The van der Waals surface area contributed by atoms with Gasteiger partial charge in [-0.25, -0.2) is 0 Å². The molecule has 2 aromatic heterocycles. The van der Waals surface area contributed by atoms with Gasteiger partial charge in [-0.2, -0.15) is 0 Å². The lowest BCUT2D eigenvalue weighted by atomic mass is 10.3. The van der Waals surface area contributed by atoms with E-state index in [1.165, 1.54) is 0 Å². The number of fused-ring (bicyclic) bond motifs is 1. The maximum absolute atomic E-state index is 10.8. The molecule has 2 N–H and O–H groups in total. The summed E-state index contributed by atoms with van der Waals surface area (Å²) in [5, 5.41) is 10.8. The van der Waals surface area contributed by atoms with E-state index < -0.39 is 4.92 Å². The Morgan fingerprint density at radius 2 is 2.31 bits per heavy atom.